The molecule has 1 aliphatic heterocycles. The monoisotopic (exact) mass is 300 g/mol. The number of nitrogens with one attached hydrogen (secondary N) is 2. The molecule has 1 aromatic carbocycles. The normalized spacial score (nSPS) is 22.0. The maximum absolute atomic E-state index is 12.3. The van der Waals surface area contributed by atoms with Gasteiger partial charge in [-0.1, -0.05) is 12.1 Å². The first kappa shape index (κ1) is 16.1. The van der Waals surface area contributed by atoms with Crippen LogP contribution in [-0.2, 0) is 6.54 Å². The molecule has 6 heteroatoms. The number of hydrogen-bond donors (Lipinski definition) is 3. The first-order chi connectivity index (χ1) is 9.97. The van der Waals surface area contributed by atoms with E-state index < -0.39 is 6.61 Å². The van der Waals surface area contributed by atoms with Crippen LogP contribution >= 0.6 is 0 Å². The van der Waals surface area contributed by atoms with Crippen LogP contribution in [-0.4, -0.2) is 37.5 Å². The predicted molar refractivity (Wildman–Crippen MR) is 76.6 cm³/mol. The second-order valence-corrected chi connectivity index (χ2v) is 5.55. The zero-order valence-electron chi connectivity index (χ0n) is 12.3. The minimum Gasteiger partial charge on any atom is -0.434 e. The highest BCUT2D eigenvalue weighted by atomic mass is 19.3. The third-order valence-electron chi connectivity index (χ3n) is 3.77. The van der Waals surface area contributed by atoms with E-state index in [1.54, 1.807) is 13.8 Å². The van der Waals surface area contributed by atoms with Crippen molar-refractivity contribution in [2.24, 2.45) is 5.92 Å². The largest absolute Gasteiger partial charge is 0.434 e. The summed E-state index contributed by atoms with van der Waals surface area (Å²) in [5.74, 6) is 0.470. The summed E-state index contributed by atoms with van der Waals surface area (Å²) in [5, 5.41) is 16.1. The Hall–Kier alpha value is -1.24. The highest BCUT2D eigenvalue weighted by Gasteiger charge is 2.24. The van der Waals surface area contributed by atoms with Crippen LogP contribution < -0.4 is 15.4 Å². The Balaban J connectivity index is 1.91. The molecule has 0 spiro atoms. The number of ether oxygens (including phenoxy) is 1. The van der Waals surface area contributed by atoms with Crippen LogP contribution in [0.3, 0.4) is 0 Å². The van der Waals surface area contributed by atoms with Crippen molar-refractivity contribution in [3.63, 3.8) is 0 Å². The van der Waals surface area contributed by atoms with Gasteiger partial charge in [0.05, 0.1) is 6.10 Å². The van der Waals surface area contributed by atoms with Gasteiger partial charge in [-0.2, -0.15) is 8.78 Å². The van der Waals surface area contributed by atoms with Crippen molar-refractivity contribution in [2.45, 2.75) is 33.1 Å². The van der Waals surface area contributed by atoms with Gasteiger partial charge in [0.1, 0.15) is 5.75 Å². The van der Waals surface area contributed by atoms with Gasteiger partial charge in [0.25, 0.3) is 0 Å². The summed E-state index contributed by atoms with van der Waals surface area (Å²) in [7, 11) is 0. The first-order valence-corrected chi connectivity index (χ1v) is 7.12. The fraction of sp³-hybridized carbons (Fsp3) is 0.600. The van der Waals surface area contributed by atoms with Gasteiger partial charge >= 0.3 is 6.61 Å². The number of aliphatic hydroxyl groups is 1. The zero-order chi connectivity index (χ0) is 15.4. The summed E-state index contributed by atoms with van der Waals surface area (Å²) in [4.78, 5) is 0. The number of aryl methyl sites for hydroxylation is 2. The summed E-state index contributed by atoms with van der Waals surface area (Å²) in [5.41, 5.74) is 2.43. The molecule has 2 rings (SSSR count). The lowest BCUT2D eigenvalue weighted by atomic mass is 10.0. The van der Waals surface area contributed by atoms with E-state index >= 15 is 0 Å². The molecule has 2 unspecified atom stereocenters. The highest BCUT2D eigenvalue weighted by molar-refractivity contribution is 5.43. The summed E-state index contributed by atoms with van der Waals surface area (Å²) < 4.78 is 29.2. The quantitative estimate of drug-likeness (QED) is 0.746. The third-order valence-corrected chi connectivity index (χ3v) is 3.77. The van der Waals surface area contributed by atoms with E-state index in [0.29, 0.717) is 24.2 Å². The maximum Gasteiger partial charge on any atom is 0.387 e. The SMILES string of the molecule is Cc1cc(CNCC2CNCC2O)cc(C)c1OC(F)F. The smallest absolute Gasteiger partial charge is 0.387 e. The number of alkyl halides is 2. The summed E-state index contributed by atoms with van der Waals surface area (Å²) >= 11 is 0. The van der Waals surface area contributed by atoms with Gasteiger partial charge in [-0.15, -0.1) is 0 Å². The molecule has 1 saturated heterocycles. The minimum absolute atomic E-state index is 0.216. The average molecular weight is 300 g/mol. The van der Waals surface area contributed by atoms with Gasteiger partial charge in [-0.3, -0.25) is 0 Å². The van der Waals surface area contributed by atoms with Crippen molar-refractivity contribution in [1.29, 1.82) is 0 Å². The average Bonchev–Trinajstić information content (AvgIpc) is 2.80. The van der Waals surface area contributed by atoms with Crippen molar-refractivity contribution in [3.8, 4) is 5.75 Å². The second-order valence-electron chi connectivity index (χ2n) is 5.55. The predicted octanol–water partition coefficient (Wildman–Crippen LogP) is 1.57. The van der Waals surface area contributed by atoms with Gasteiger partial charge in [-0.05, 0) is 30.5 Å². The van der Waals surface area contributed by atoms with Crippen LogP contribution in [0.2, 0.25) is 0 Å². The summed E-state index contributed by atoms with van der Waals surface area (Å²) in [6, 6.07) is 3.70. The highest BCUT2D eigenvalue weighted by Crippen LogP contribution is 2.26. The molecule has 0 saturated carbocycles. The molecule has 4 nitrogen and oxygen atoms in total. The Bertz CT molecular complexity index is 460. The molecule has 0 aliphatic carbocycles. The lowest BCUT2D eigenvalue weighted by Gasteiger charge is -2.16. The van der Waals surface area contributed by atoms with Gasteiger partial charge in [-0.25, -0.2) is 0 Å². The Labute approximate surface area is 123 Å². The van der Waals surface area contributed by atoms with Crippen molar-refractivity contribution in [3.05, 3.63) is 28.8 Å². The zero-order valence-corrected chi connectivity index (χ0v) is 12.3. The van der Waals surface area contributed by atoms with Crippen LogP contribution in [0.1, 0.15) is 16.7 Å². The lowest BCUT2D eigenvalue weighted by molar-refractivity contribution is -0.0507. The van der Waals surface area contributed by atoms with E-state index in [1.807, 2.05) is 12.1 Å². The van der Waals surface area contributed by atoms with Gasteiger partial charge < -0.3 is 20.5 Å². The Morgan fingerprint density at radius 1 is 1.33 bits per heavy atom. The summed E-state index contributed by atoms with van der Waals surface area (Å²) in [6.07, 6.45) is -0.303. The van der Waals surface area contributed by atoms with Gasteiger partial charge in [0, 0.05) is 32.1 Å². The number of aliphatic hydroxyl groups excluding tert-OH is 1. The molecule has 0 amide bonds. The van der Waals surface area contributed by atoms with Crippen LogP contribution in [0.15, 0.2) is 12.1 Å². The number of β-amino-alcohol motifs (C(OH)–C–C–N with tert-alkyl or cyclic N) is 1. The van der Waals surface area contributed by atoms with Crippen LogP contribution in [0, 0.1) is 19.8 Å². The molecule has 1 aliphatic rings. The van der Waals surface area contributed by atoms with E-state index in [0.717, 1.165) is 18.7 Å². The van der Waals surface area contributed by atoms with Crippen molar-refractivity contribution in [1.82, 2.24) is 10.6 Å². The Morgan fingerprint density at radius 2 is 2.00 bits per heavy atom. The first-order valence-electron chi connectivity index (χ1n) is 7.12. The van der Waals surface area contributed by atoms with E-state index in [-0.39, 0.29) is 17.8 Å². The Morgan fingerprint density at radius 3 is 2.52 bits per heavy atom. The minimum atomic E-state index is -2.80. The topological polar surface area (TPSA) is 53.5 Å². The fourth-order valence-electron chi connectivity index (χ4n) is 2.75. The molecule has 0 bridgehead atoms. The van der Waals surface area contributed by atoms with Gasteiger partial charge in [0.15, 0.2) is 0 Å². The van der Waals surface area contributed by atoms with E-state index in [4.69, 9.17) is 0 Å². The molecular formula is C15H22F2N2O2. The van der Waals surface area contributed by atoms with Gasteiger partial charge in [0.2, 0.25) is 0 Å². The van der Waals surface area contributed by atoms with Crippen LogP contribution in [0.25, 0.3) is 0 Å². The molecule has 3 N–H and O–H groups in total. The Kier molecular flexibility index (Phi) is 5.50. The number of hydrogen-bond acceptors (Lipinski definition) is 4. The standard InChI is InChI=1S/C15H22F2N2O2/c1-9-3-11(4-10(2)14(9)21-15(16)17)5-18-6-12-7-19-8-13(12)20/h3-4,12-13,15,18-20H,5-8H2,1-2H3. The molecule has 1 aromatic rings. The molecule has 1 fully saturated rings. The molecule has 2 atom stereocenters. The number of benzene rings is 1. The molecule has 0 aromatic heterocycles. The van der Waals surface area contributed by atoms with E-state index in [2.05, 4.69) is 15.4 Å². The number of halogens is 2. The molecule has 0 radical (unpaired) electrons. The van der Waals surface area contributed by atoms with E-state index in [1.165, 1.54) is 0 Å². The molecule has 21 heavy (non-hydrogen) atoms. The molecule has 1 heterocycles. The fourth-order valence-corrected chi connectivity index (χ4v) is 2.75. The third kappa shape index (κ3) is 4.36. The van der Waals surface area contributed by atoms with Crippen molar-refractivity contribution >= 4 is 0 Å². The summed E-state index contributed by atoms with van der Waals surface area (Å²) in [6.45, 7) is 3.54. The van der Waals surface area contributed by atoms with E-state index in [9.17, 15) is 13.9 Å². The van der Waals surface area contributed by atoms with Crippen LogP contribution in [0.4, 0.5) is 8.78 Å². The van der Waals surface area contributed by atoms with Crippen molar-refractivity contribution < 1.29 is 18.6 Å². The van der Waals surface area contributed by atoms with Crippen LogP contribution in [0.5, 0.6) is 5.75 Å². The maximum atomic E-state index is 12.3. The molecular weight excluding hydrogens is 278 g/mol. The van der Waals surface area contributed by atoms with Crippen molar-refractivity contribution in [2.75, 3.05) is 19.6 Å². The second kappa shape index (κ2) is 7.15. The lowest BCUT2D eigenvalue weighted by Crippen LogP contribution is -2.30. The molecule has 118 valence electrons. The number of rotatable bonds is 6.